The van der Waals surface area contributed by atoms with E-state index in [-0.39, 0.29) is 6.61 Å². The molecule has 1 aliphatic rings. The Kier molecular flexibility index (Phi) is 40.0. The molecule has 0 aromatic rings. The number of carbonyl (C=O) groups is 1. The van der Waals surface area contributed by atoms with E-state index in [4.69, 9.17) is 9.47 Å². The van der Waals surface area contributed by atoms with Gasteiger partial charge in [-0.3, -0.25) is 4.79 Å². The lowest BCUT2D eigenvalue weighted by atomic mass is 9.99. The summed E-state index contributed by atoms with van der Waals surface area (Å²) in [7, 11) is 0. The average molecular weight is 882 g/mol. The molecule has 8 unspecified atom stereocenters. The van der Waals surface area contributed by atoms with Crippen molar-refractivity contribution in [2.75, 3.05) is 13.2 Å². The maximum absolute atomic E-state index is 13.1. The molecule has 10 heteroatoms. The van der Waals surface area contributed by atoms with Crippen LogP contribution in [0.4, 0.5) is 0 Å². The normalized spacial score (nSPS) is 20.9. The van der Waals surface area contributed by atoms with Crippen LogP contribution in [0.3, 0.4) is 0 Å². The van der Waals surface area contributed by atoms with Gasteiger partial charge in [0.05, 0.1) is 25.4 Å². The molecule has 0 spiro atoms. The van der Waals surface area contributed by atoms with Gasteiger partial charge in [-0.2, -0.15) is 0 Å². The fraction of sp³-hybridized carbons (Fsp3) is 0.904. The second-order valence-corrected chi connectivity index (χ2v) is 18.4. The number of hydrogen-bond donors (Lipinski definition) is 7. The molecule has 1 heterocycles. The first kappa shape index (κ1) is 58.6. The summed E-state index contributed by atoms with van der Waals surface area (Å²) in [5, 5.41) is 65.1. The van der Waals surface area contributed by atoms with E-state index in [0.717, 1.165) is 64.2 Å². The summed E-state index contributed by atoms with van der Waals surface area (Å²) in [4.78, 5) is 13.1. The molecule has 0 bridgehead atoms. The van der Waals surface area contributed by atoms with Crippen LogP contribution in [0.25, 0.3) is 0 Å². The molecule has 0 aliphatic carbocycles. The number of rotatable bonds is 44. The average Bonchev–Trinajstić information content (AvgIpc) is 3.27. The first-order chi connectivity index (χ1) is 30.3. The van der Waals surface area contributed by atoms with Crippen molar-refractivity contribution in [2.45, 2.75) is 288 Å². The van der Waals surface area contributed by atoms with Crippen LogP contribution in [-0.2, 0) is 14.3 Å². The third kappa shape index (κ3) is 31.5. The molecule has 1 fully saturated rings. The minimum atomic E-state index is -1.60. The van der Waals surface area contributed by atoms with Crippen LogP contribution >= 0.6 is 0 Å². The summed E-state index contributed by atoms with van der Waals surface area (Å²) in [6.07, 6.45) is 40.8. The van der Waals surface area contributed by atoms with Crippen LogP contribution in [0, 0.1) is 0 Å². The zero-order chi connectivity index (χ0) is 45.3. The fourth-order valence-electron chi connectivity index (χ4n) is 8.44. The molecule has 62 heavy (non-hydrogen) atoms. The molecule has 0 saturated carbocycles. The van der Waals surface area contributed by atoms with Crippen LogP contribution in [0.1, 0.15) is 239 Å². The Morgan fingerprint density at radius 3 is 1.47 bits per heavy atom. The fourth-order valence-corrected chi connectivity index (χ4v) is 8.44. The molecule has 10 nitrogen and oxygen atoms in total. The predicted molar refractivity (Wildman–Crippen MR) is 255 cm³/mol. The van der Waals surface area contributed by atoms with Crippen LogP contribution in [0.5, 0.6) is 0 Å². The zero-order valence-electron chi connectivity index (χ0n) is 40.0. The van der Waals surface area contributed by atoms with E-state index in [2.05, 4.69) is 43.5 Å². The van der Waals surface area contributed by atoms with Gasteiger partial charge in [0.15, 0.2) is 6.29 Å². The maximum Gasteiger partial charge on any atom is 0.249 e. The maximum atomic E-state index is 13.1. The van der Waals surface area contributed by atoms with Crippen molar-refractivity contribution in [1.82, 2.24) is 5.32 Å². The number of nitrogens with one attached hydrogen (secondary N) is 1. The molecule has 1 rings (SSSR count). The largest absolute Gasteiger partial charge is 0.394 e. The highest BCUT2D eigenvalue weighted by atomic mass is 16.7. The Morgan fingerprint density at radius 1 is 0.565 bits per heavy atom. The number of allylic oxidation sites excluding steroid dienone is 4. The minimum Gasteiger partial charge on any atom is -0.394 e. The minimum absolute atomic E-state index is 0.253. The van der Waals surface area contributed by atoms with Gasteiger partial charge < -0.3 is 45.4 Å². The molecule has 0 aromatic heterocycles. The summed E-state index contributed by atoms with van der Waals surface area (Å²) in [5.41, 5.74) is 0. The van der Waals surface area contributed by atoms with E-state index in [0.29, 0.717) is 12.8 Å². The smallest absolute Gasteiger partial charge is 0.249 e. The van der Waals surface area contributed by atoms with Crippen molar-refractivity contribution in [3.8, 4) is 0 Å². The lowest BCUT2D eigenvalue weighted by Gasteiger charge is -2.40. The monoisotopic (exact) mass is 882 g/mol. The quantitative estimate of drug-likeness (QED) is 0.0233. The Morgan fingerprint density at radius 2 is 1.00 bits per heavy atom. The van der Waals surface area contributed by atoms with Gasteiger partial charge in [-0.15, -0.1) is 0 Å². The third-order valence-corrected chi connectivity index (χ3v) is 12.7. The highest BCUT2D eigenvalue weighted by molar-refractivity contribution is 5.80. The number of amides is 1. The van der Waals surface area contributed by atoms with Gasteiger partial charge in [-0.25, -0.2) is 0 Å². The SMILES string of the molecule is CC/C=C\C/C=C\CCCCCCCCCCCCCCCC(O)C(=O)NC(COC1OC(CO)C(O)C(O)C1O)C(O)CCCCCCCCCCCCCCCCCCC. The molecule has 1 saturated heterocycles. The van der Waals surface area contributed by atoms with E-state index in [1.54, 1.807) is 0 Å². The molecule has 7 N–H and O–H groups in total. The van der Waals surface area contributed by atoms with Crippen molar-refractivity contribution < 1.29 is 44.9 Å². The van der Waals surface area contributed by atoms with Crippen molar-refractivity contribution in [1.29, 1.82) is 0 Å². The first-order valence-electron chi connectivity index (χ1n) is 26.1. The highest BCUT2D eigenvalue weighted by Crippen LogP contribution is 2.23. The molecular formula is C52H99NO9. The van der Waals surface area contributed by atoms with Crippen LogP contribution in [0.15, 0.2) is 24.3 Å². The topological polar surface area (TPSA) is 169 Å². The van der Waals surface area contributed by atoms with Crippen molar-refractivity contribution >= 4 is 5.91 Å². The number of carbonyl (C=O) groups excluding carboxylic acids is 1. The second kappa shape index (κ2) is 42.3. The van der Waals surface area contributed by atoms with Crippen molar-refractivity contribution in [3.05, 3.63) is 24.3 Å². The Hall–Kier alpha value is -1.37. The molecule has 0 radical (unpaired) electrons. The van der Waals surface area contributed by atoms with E-state index in [9.17, 15) is 35.4 Å². The molecule has 0 aromatic carbocycles. The van der Waals surface area contributed by atoms with Gasteiger partial charge in [0, 0.05) is 0 Å². The standard InChI is InChI=1S/C52H99NO9/c1-3-5-7-9-11-13-15-17-19-21-22-23-25-27-29-31-33-35-37-39-41-46(56)51(60)53-44(43-61-52-50(59)49(58)48(57)47(42-54)62-52)45(55)40-38-36-34-32-30-28-26-24-20-18-16-14-12-10-8-6-4-2/h5,7,11,13,44-50,52,54-59H,3-4,6,8-10,12,14-43H2,1-2H3,(H,53,60)/b7-5-,13-11-. The molecule has 1 aliphatic heterocycles. The molecule has 1 amide bonds. The second-order valence-electron chi connectivity index (χ2n) is 18.4. The van der Waals surface area contributed by atoms with Crippen LogP contribution in [0.2, 0.25) is 0 Å². The van der Waals surface area contributed by atoms with Crippen LogP contribution in [-0.4, -0.2) is 98.7 Å². The van der Waals surface area contributed by atoms with Crippen molar-refractivity contribution in [3.63, 3.8) is 0 Å². The van der Waals surface area contributed by atoms with Gasteiger partial charge in [0.25, 0.3) is 0 Å². The Balaban J connectivity index is 2.30. The lowest BCUT2D eigenvalue weighted by Crippen LogP contribution is -2.60. The lowest BCUT2D eigenvalue weighted by molar-refractivity contribution is -0.302. The number of ether oxygens (including phenoxy) is 2. The molecule has 366 valence electrons. The highest BCUT2D eigenvalue weighted by Gasteiger charge is 2.44. The van der Waals surface area contributed by atoms with Gasteiger partial charge >= 0.3 is 0 Å². The Labute approximate surface area is 380 Å². The van der Waals surface area contributed by atoms with Crippen LogP contribution < -0.4 is 5.32 Å². The number of aliphatic hydroxyl groups excluding tert-OH is 6. The van der Waals surface area contributed by atoms with Crippen molar-refractivity contribution in [2.24, 2.45) is 0 Å². The summed E-state index contributed by atoms with van der Waals surface area (Å²) >= 11 is 0. The summed E-state index contributed by atoms with van der Waals surface area (Å²) in [6, 6.07) is -0.893. The summed E-state index contributed by atoms with van der Waals surface area (Å²) < 4.78 is 11.2. The first-order valence-corrected chi connectivity index (χ1v) is 26.1. The van der Waals surface area contributed by atoms with Gasteiger partial charge in [0.1, 0.15) is 30.5 Å². The number of aliphatic hydroxyl groups is 6. The summed E-state index contributed by atoms with van der Waals surface area (Å²) in [6.45, 7) is 3.59. The van der Waals surface area contributed by atoms with E-state index in [1.807, 2.05) is 0 Å². The zero-order valence-corrected chi connectivity index (χ0v) is 40.0. The van der Waals surface area contributed by atoms with Gasteiger partial charge in [-0.05, 0) is 38.5 Å². The van der Waals surface area contributed by atoms with E-state index >= 15 is 0 Å². The number of hydrogen-bond acceptors (Lipinski definition) is 9. The predicted octanol–water partition coefficient (Wildman–Crippen LogP) is 10.8. The molecule has 8 atom stereocenters. The number of unbranched alkanes of at least 4 members (excludes halogenated alkanes) is 29. The summed E-state index contributed by atoms with van der Waals surface area (Å²) in [5.74, 6) is -0.582. The van der Waals surface area contributed by atoms with E-state index < -0.39 is 61.5 Å². The molecular weight excluding hydrogens is 783 g/mol. The van der Waals surface area contributed by atoms with Gasteiger partial charge in [-0.1, -0.05) is 224 Å². The van der Waals surface area contributed by atoms with E-state index in [1.165, 1.54) is 148 Å². The Bertz CT molecular complexity index is 1040. The third-order valence-electron chi connectivity index (χ3n) is 12.7. The van der Waals surface area contributed by atoms with Gasteiger partial charge in [0.2, 0.25) is 5.91 Å².